The molecule has 132 valence electrons. The number of aryl methyl sites for hydroxylation is 1. The molecular formula is C16H14F3N3O3. The van der Waals surface area contributed by atoms with E-state index in [1.54, 1.807) is 0 Å². The van der Waals surface area contributed by atoms with Gasteiger partial charge in [0.25, 0.3) is 5.56 Å². The van der Waals surface area contributed by atoms with Crippen LogP contribution in [0.15, 0.2) is 46.1 Å². The van der Waals surface area contributed by atoms with Crippen molar-refractivity contribution in [1.29, 1.82) is 0 Å². The SMILES string of the molecule is Cn1cc(/C=C/C(=O)Nc2cccc(C(F)(F)F)c2)c(=O)n(C)c1=O. The van der Waals surface area contributed by atoms with Gasteiger partial charge in [0.05, 0.1) is 11.1 Å². The molecule has 2 aromatic rings. The molecule has 1 heterocycles. The van der Waals surface area contributed by atoms with E-state index in [0.717, 1.165) is 22.8 Å². The summed E-state index contributed by atoms with van der Waals surface area (Å²) in [7, 11) is 2.74. The van der Waals surface area contributed by atoms with Crippen molar-refractivity contribution in [1.82, 2.24) is 9.13 Å². The molecule has 0 fully saturated rings. The normalized spacial score (nSPS) is 11.7. The van der Waals surface area contributed by atoms with E-state index >= 15 is 0 Å². The van der Waals surface area contributed by atoms with Crippen LogP contribution in [0.25, 0.3) is 6.08 Å². The topological polar surface area (TPSA) is 73.1 Å². The molecule has 1 aromatic carbocycles. The predicted octanol–water partition coefficient (Wildman–Crippen LogP) is 1.75. The van der Waals surface area contributed by atoms with Crippen LogP contribution < -0.4 is 16.6 Å². The zero-order chi connectivity index (χ0) is 18.8. The molecule has 9 heteroatoms. The van der Waals surface area contributed by atoms with Gasteiger partial charge in [0.15, 0.2) is 0 Å². The zero-order valence-electron chi connectivity index (χ0n) is 13.3. The van der Waals surface area contributed by atoms with Crippen molar-refractivity contribution in [3.8, 4) is 0 Å². The molecule has 2 rings (SSSR count). The van der Waals surface area contributed by atoms with Gasteiger partial charge in [0.2, 0.25) is 5.91 Å². The number of alkyl halides is 3. The van der Waals surface area contributed by atoms with E-state index in [1.807, 2.05) is 0 Å². The number of nitrogens with one attached hydrogen (secondary N) is 1. The lowest BCUT2D eigenvalue weighted by atomic mass is 10.2. The van der Waals surface area contributed by atoms with Gasteiger partial charge >= 0.3 is 11.9 Å². The standard InChI is InChI=1S/C16H14F3N3O3/c1-21-9-10(14(24)22(2)15(21)25)6-7-13(23)20-12-5-3-4-11(8-12)16(17,18)19/h3-9H,1-2H3,(H,20,23)/b7-6+. The summed E-state index contributed by atoms with van der Waals surface area (Å²) in [4.78, 5) is 35.3. The van der Waals surface area contributed by atoms with Crippen LogP contribution in [0.5, 0.6) is 0 Å². The summed E-state index contributed by atoms with van der Waals surface area (Å²) in [6.45, 7) is 0. The molecule has 0 aliphatic rings. The minimum absolute atomic E-state index is 0.0298. The number of carbonyl (C=O) groups is 1. The summed E-state index contributed by atoms with van der Waals surface area (Å²) in [5, 5.41) is 2.28. The fourth-order valence-electron chi connectivity index (χ4n) is 2.07. The van der Waals surface area contributed by atoms with Crippen molar-refractivity contribution in [3.63, 3.8) is 0 Å². The average Bonchev–Trinajstić information content (AvgIpc) is 2.54. The maximum Gasteiger partial charge on any atom is 0.416 e. The first-order valence-electron chi connectivity index (χ1n) is 7.02. The molecule has 1 aromatic heterocycles. The van der Waals surface area contributed by atoms with Crippen LogP contribution in [0, 0.1) is 0 Å². The van der Waals surface area contributed by atoms with Crippen molar-refractivity contribution in [2.24, 2.45) is 14.1 Å². The van der Waals surface area contributed by atoms with E-state index < -0.39 is 28.9 Å². The second kappa shape index (κ2) is 6.80. The van der Waals surface area contributed by atoms with Gasteiger partial charge in [-0.1, -0.05) is 6.07 Å². The maximum absolute atomic E-state index is 12.6. The first-order valence-corrected chi connectivity index (χ1v) is 7.02. The number of benzene rings is 1. The van der Waals surface area contributed by atoms with Crippen LogP contribution in [-0.2, 0) is 25.1 Å². The van der Waals surface area contributed by atoms with Crippen molar-refractivity contribution in [2.75, 3.05) is 5.32 Å². The van der Waals surface area contributed by atoms with E-state index in [1.165, 1.54) is 43.1 Å². The highest BCUT2D eigenvalue weighted by atomic mass is 19.4. The predicted molar refractivity (Wildman–Crippen MR) is 86.0 cm³/mol. The summed E-state index contributed by atoms with van der Waals surface area (Å²) in [6, 6.07) is 4.17. The van der Waals surface area contributed by atoms with Gasteiger partial charge < -0.3 is 9.88 Å². The Kier molecular flexibility index (Phi) is 4.96. The molecule has 25 heavy (non-hydrogen) atoms. The Labute approximate surface area is 139 Å². The van der Waals surface area contributed by atoms with E-state index in [-0.39, 0.29) is 11.3 Å². The molecule has 0 saturated heterocycles. The van der Waals surface area contributed by atoms with Gasteiger partial charge in [-0.2, -0.15) is 13.2 Å². The van der Waals surface area contributed by atoms with Crippen molar-refractivity contribution < 1.29 is 18.0 Å². The number of anilines is 1. The number of hydrogen-bond acceptors (Lipinski definition) is 3. The second-order valence-electron chi connectivity index (χ2n) is 5.24. The lowest BCUT2D eigenvalue weighted by Crippen LogP contribution is -2.37. The Bertz CT molecular complexity index is 956. The highest BCUT2D eigenvalue weighted by molar-refractivity contribution is 6.01. The minimum Gasteiger partial charge on any atom is -0.322 e. The highest BCUT2D eigenvalue weighted by Gasteiger charge is 2.30. The van der Waals surface area contributed by atoms with Crippen LogP contribution in [0.3, 0.4) is 0 Å². The Morgan fingerprint density at radius 1 is 1.20 bits per heavy atom. The fraction of sp³-hybridized carbons (Fsp3) is 0.188. The number of amides is 1. The molecule has 0 bridgehead atoms. The van der Waals surface area contributed by atoms with Crippen LogP contribution in [-0.4, -0.2) is 15.0 Å². The summed E-state index contributed by atoms with van der Waals surface area (Å²) >= 11 is 0. The number of hydrogen-bond donors (Lipinski definition) is 1. The highest BCUT2D eigenvalue weighted by Crippen LogP contribution is 2.30. The molecule has 6 nitrogen and oxygen atoms in total. The average molecular weight is 353 g/mol. The largest absolute Gasteiger partial charge is 0.416 e. The Balaban J connectivity index is 2.20. The minimum atomic E-state index is -4.52. The maximum atomic E-state index is 12.6. The smallest absolute Gasteiger partial charge is 0.322 e. The number of nitrogens with zero attached hydrogens (tertiary/aromatic N) is 2. The molecule has 0 unspecified atom stereocenters. The van der Waals surface area contributed by atoms with Gasteiger partial charge in [0.1, 0.15) is 0 Å². The van der Waals surface area contributed by atoms with Gasteiger partial charge in [-0.25, -0.2) is 4.79 Å². The molecule has 0 spiro atoms. The van der Waals surface area contributed by atoms with Crippen LogP contribution in [0.1, 0.15) is 11.1 Å². The van der Waals surface area contributed by atoms with E-state index in [9.17, 15) is 27.6 Å². The fourth-order valence-corrected chi connectivity index (χ4v) is 2.07. The Morgan fingerprint density at radius 2 is 1.88 bits per heavy atom. The summed E-state index contributed by atoms with van der Waals surface area (Å²) in [6.07, 6.45) is -1.07. The van der Waals surface area contributed by atoms with Crippen LogP contribution in [0.2, 0.25) is 0 Å². The van der Waals surface area contributed by atoms with Crippen molar-refractivity contribution >= 4 is 17.7 Å². The number of carbonyl (C=O) groups excluding carboxylic acids is 1. The number of aromatic nitrogens is 2. The summed E-state index contributed by atoms with van der Waals surface area (Å²) in [5.74, 6) is -0.713. The second-order valence-corrected chi connectivity index (χ2v) is 5.24. The van der Waals surface area contributed by atoms with Gasteiger partial charge in [-0.3, -0.25) is 14.2 Å². The molecule has 0 aliphatic heterocycles. The lowest BCUT2D eigenvalue weighted by Gasteiger charge is -2.08. The molecule has 1 amide bonds. The van der Waals surface area contributed by atoms with E-state index in [0.29, 0.717) is 0 Å². The molecule has 0 radical (unpaired) electrons. The number of halogens is 3. The van der Waals surface area contributed by atoms with Crippen LogP contribution >= 0.6 is 0 Å². The monoisotopic (exact) mass is 353 g/mol. The quantitative estimate of drug-likeness (QED) is 0.855. The lowest BCUT2D eigenvalue weighted by molar-refractivity contribution is -0.137. The number of rotatable bonds is 3. The van der Waals surface area contributed by atoms with Crippen molar-refractivity contribution in [3.05, 3.63) is 68.5 Å². The van der Waals surface area contributed by atoms with Crippen molar-refractivity contribution in [2.45, 2.75) is 6.18 Å². The molecule has 1 N–H and O–H groups in total. The van der Waals surface area contributed by atoms with Gasteiger partial charge in [-0.05, 0) is 24.3 Å². The summed E-state index contributed by atoms with van der Waals surface area (Å²) in [5.41, 5.74) is -1.94. The third kappa shape index (κ3) is 4.25. The first-order chi connectivity index (χ1) is 11.6. The molecule has 0 saturated carbocycles. The van der Waals surface area contributed by atoms with E-state index in [2.05, 4.69) is 5.32 Å². The van der Waals surface area contributed by atoms with Gasteiger partial charge in [0, 0.05) is 32.1 Å². The third-order valence-electron chi connectivity index (χ3n) is 3.34. The van der Waals surface area contributed by atoms with E-state index in [4.69, 9.17) is 0 Å². The third-order valence-corrected chi connectivity index (χ3v) is 3.34. The molecule has 0 aliphatic carbocycles. The molecular weight excluding hydrogens is 339 g/mol. The van der Waals surface area contributed by atoms with Gasteiger partial charge in [-0.15, -0.1) is 0 Å². The first kappa shape index (κ1) is 18.2. The van der Waals surface area contributed by atoms with Crippen LogP contribution in [0.4, 0.5) is 18.9 Å². The Morgan fingerprint density at radius 3 is 2.52 bits per heavy atom. The summed E-state index contributed by atoms with van der Waals surface area (Å²) < 4.78 is 40.0. The Hall–Kier alpha value is -3.10. The molecule has 0 atom stereocenters. The zero-order valence-corrected chi connectivity index (χ0v) is 13.3.